The van der Waals surface area contributed by atoms with Crippen LogP contribution in [0.3, 0.4) is 0 Å². The Balaban J connectivity index is 1.66. The minimum atomic E-state index is -3.30. The van der Waals surface area contributed by atoms with Gasteiger partial charge in [0.25, 0.3) is 5.91 Å². The summed E-state index contributed by atoms with van der Waals surface area (Å²) in [5.74, 6) is -0.166. The number of hydrogen-bond donors (Lipinski definition) is 1. The summed E-state index contributed by atoms with van der Waals surface area (Å²) in [5, 5.41) is 3.10. The van der Waals surface area contributed by atoms with Crippen LogP contribution in [0, 0.1) is 13.8 Å². The van der Waals surface area contributed by atoms with Gasteiger partial charge in [-0.1, -0.05) is 43.7 Å². The SMILES string of the molecule is CC[C@@H](NC(=O)c1ccc(CS(=O)(=O)N2CCCCC2)cc1)c1ccc(C)c(C)c1. The molecule has 6 heteroatoms. The second-order valence-electron chi connectivity index (χ2n) is 8.19. The summed E-state index contributed by atoms with van der Waals surface area (Å²) >= 11 is 0. The number of aryl methyl sites for hydroxylation is 2. The van der Waals surface area contributed by atoms with Gasteiger partial charge in [0.2, 0.25) is 10.0 Å². The number of piperidine rings is 1. The van der Waals surface area contributed by atoms with E-state index in [-0.39, 0.29) is 17.7 Å². The number of amides is 1. The molecule has 0 bridgehead atoms. The van der Waals surface area contributed by atoms with Crippen LogP contribution in [0.2, 0.25) is 0 Å². The number of carbonyl (C=O) groups excluding carboxylic acids is 1. The molecule has 1 aliphatic rings. The van der Waals surface area contributed by atoms with Gasteiger partial charge >= 0.3 is 0 Å². The number of nitrogens with one attached hydrogen (secondary N) is 1. The van der Waals surface area contributed by atoms with Crippen molar-refractivity contribution in [3.8, 4) is 0 Å². The minimum Gasteiger partial charge on any atom is -0.345 e. The fraction of sp³-hybridized carbons (Fsp3) is 0.458. The van der Waals surface area contributed by atoms with Gasteiger partial charge in [-0.2, -0.15) is 0 Å². The summed E-state index contributed by atoms with van der Waals surface area (Å²) in [6, 6.07) is 13.1. The Morgan fingerprint density at radius 3 is 2.27 bits per heavy atom. The van der Waals surface area contributed by atoms with Gasteiger partial charge in [0, 0.05) is 18.7 Å². The molecule has 1 atom stereocenters. The molecule has 30 heavy (non-hydrogen) atoms. The number of rotatable bonds is 7. The zero-order chi connectivity index (χ0) is 21.7. The predicted molar refractivity (Wildman–Crippen MR) is 121 cm³/mol. The van der Waals surface area contributed by atoms with Gasteiger partial charge in [0.1, 0.15) is 0 Å². The molecule has 1 N–H and O–H groups in total. The number of sulfonamides is 1. The molecular weight excluding hydrogens is 396 g/mol. The standard InChI is InChI=1S/C24H32N2O3S/c1-4-23(22-11-8-18(2)19(3)16-22)25-24(27)21-12-9-20(10-13-21)17-30(28,29)26-14-6-5-7-15-26/h8-13,16,23H,4-7,14-15,17H2,1-3H3,(H,25,27)/t23-/m1/s1. The Morgan fingerprint density at radius 2 is 1.67 bits per heavy atom. The average molecular weight is 429 g/mol. The lowest BCUT2D eigenvalue weighted by molar-refractivity contribution is 0.0935. The average Bonchev–Trinajstić information content (AvgIpc) is 2.75. The third kappa shape index (κ3) is 5.49. The first-order valence-electron chi connectivity index (χ1n) is 10.7. The second kappa shape index (κ2) is 9.75. The fourth-order valence-corrected chi connectivity index (χ4v) is 5.45. The Bertz CT molecular complexity index is 978. The molecule has 0 unspecified atom stereocenters. The molecule has 0 aromatic heterocycles. The molecule has 1 saturated heterocycles. The molecule has 0 radical (unpaired) electrons. The summed E-state index contributed by atoms with van der Waals surface area (Å²) in [6.45, 7) is 7.42. The summed E-state index contributed by atoms with van der Waals surface area (Å²) in [7, 11) is -3.30. The fourth-order valence-electron chi connectivity index (χ4n) is 3.84. The van der Waals surface area contributed by atoms with E-state index in [2.05, 4.69) is 44.3 Å². The van der Waals surface area contributed by atoms with E-state index < -0.39 is 10.0 Å². The Hall–Kier alpha value is -2.18. The molecule has 0 saturated carbocycles. The Kier molecular flexibility index (Phi) is 7.32. The molecule has 0 spiro atoms. The van der Waals surface area contributed by atoms with Crippen molar-refractivity contribution >= 4 is 15.9 Å². The van der Waals surface area contributed by atoms with E-state index >= 15 is 0 Å². The second-order valence-corrected chi connectivity index (χ2v) is 10.2. The first-order valence-corrected chi connectivity index (χ1v) is 12.4. The smallest absolute Gasteiger partial charge is 0.251 e. The van der Waals surface area contributed by atoms with E-state index in [4.69, 9.17) is 0 Å². The van der Waals surface area contributed by atoms with Crippen LogP contribution >= 0.6 is 0 Å². The maximum absolute atomic E-state index is 12.7. The van der Waals surface area contributed by atoms with Gasteiger partial charge in [-0.3, -0.25) is 4.79 Å². The molecule has 1 amide bonds. The van der Waals surface area contributed by atoms with Crippen molar-refractivity contribution in [1.29, 1.82) is 0 Å². The lowest BCUT2D eigenvalue weighted by Gasteiger charge is -2.25. The van der Waals surface area contributed by atoms with Gasteiger partial charge in [0.05, 0.1) is 11.8 Å². The van der Waals surface area contributed by atoms with E-state index in [1.165, 1.54) is 11.1 Å². The van der Waals surface area contributed by atoms with Gasteiger partial charge in [-0.15, -0.1) is 0 Å². The first-order chi connectivity index (χ1) is 14.3. The van der Waals surface area contributed by atoms with Crippen LogP contribution in [-0.2, 0) is 15.8 Å². The van der Waals surface area contributed by atoms with Gasteiger partial charge in [-0.05, 0) is 67.5 Å². The van der Waals surface area contributed by atoms with Crippen molar-refractivity contribution < 1.29 is 13.2 Å². The van der Waals surface area contributed by atoms with Crippen molar-refractivity contribution in [3.63, 3.8) is 0 Å². The molecule has 2 aromatic carbocycles. The van der Waals surface area contributed by atoms with Crippen LogP contribution in [0.5, 0.6) is 0 Å². The van der Waals surface area contributed by atoms with Gasteiger partial charge in [-0.25, -0.2) is 12.7 Å². The molecule has 162 valence electrons. The third-order valence-corrected chi connectivity index (χ3v) is 7.77. The lowest BCUT2D eigenvalue weighted by Crippen LogP contribution is -2.36. The molecule has 1 fully saturated rings. The van der Waals surface area contributed by atoms with Crippen LogP contribution in [0.4, 0.5) is 0 Å². The maximum atomic E-state index is 12.7. The number of carbonyl (C=O) groups is 1. The normalized spacial score (nSPS) is 16.2. The van der Waals surface area contributed by atoms with Crippen molar-refractivity contribution in [1.82, 2.24) is 9.62 Å². The van der Waals surface area contributed by atoms with E-state index in [0.717, 1.165) is 31.2 Å². The van der Waals surface area contributed by atoms with Crippen molar-refractivity contribution in [2.45, 2.75) is 58.2 Å². The molecule has 3 rings (SSSR count). The van der Waals surface area contributed by atoms with E-state index in [1.807, 2.05) is 0 Å². The highest BCUT2D eigenvalue weighted by molar-refractivity contribution is 7.88. The predicted octanol–water partition coefficient (Wildman–Crippen LogP) is 4.50. The third-order valence-electron chi connectivity index (χ3n) is 5.92. The van der Waals surface area contributed by atoms with Crippen molar-refractivity contribution in [3.05, 3.63) is 70.3 Å². The molecule has 2 aromatic rings. The number of nitrogens with zero attached hydrogens (tertiary/aromatic N) is 1. The van der Waals surface area contributed by atoms with Crippen LogP contribution in [0.25, 0.3) is 0 Å². The van der Waals surface area contributed by atoms with Crippen LogP contribution in [-0.4, -0.2) is 31.7 Å². The zero-order valence-electron chi connectivity index (χ0n) is 18.1. The highest BCUT2D eigenvalue weighted by Crippen LogP contribution is 2.21. The Morgan fingerprint density at radius 1 is 1.00 bits per heavy atom. The monoisotopic (exact) mass is 428 g/mol. The topological polar surface area (TPSA) is 66.5 Å². The lowest BCUT2D eigenvalue weighted by atomic mass is 9.99. The summed E-state index contributed by atoms with van der Waals surface area (Å²) < 4.78 is 26.8. The zero-order valence-corrected chi connectivity index (χ0v) is 19.0. The highest BCUT2D eigenvalue weighted by Gasteiger charge is 2.24. The van der Waals surface area contributed by atoms with Crippen LogP contribution < -0.4 is 5.32 Å². The highest BCUT2D eigenvalue weighted by atomic mass is 32.2. The van der Waals surface area contributed by atoms with Crippen molar-refractivity contribution in [2.75, 3.05) is 13.1 Å². The Labute approximate surface area is 180 Å². The molecular formula is C24H32N2O3S. The quantitative estimate of drug-likeness (QED) is 0.706. The van der Waals surface area contributed by atoms with E-state index in [0.29, 0.717) is 24.2 Å². The first kappa shape index (κ1) is 22.5. The number of hydrogen-bond acceptors (Lipinski definition) is 3. The molecule has 1 heterocycles. The molecule has 1 aliphatic heterocycles. The minimum absolute atomic E-state index is 0.0187. The van der Waals surface area contributed by atoms with E-state index in [9.17, 15) is 13.2 Å². The molecule has 5 nitrogen and oxygen atoms in total. The molecule has 0 aliphatic carbocycles. The summed E-state index contributed by atoms with van der Waals surface area (Å²) in [5.41, 5.74) is 4.78. The number of benzene rings is 2. The van der Waals surface area contributed by atoms with Gasteiger partial charge in [0.15, 0.2) is 0 Å². The summed E-state index contributed by atoms with van der Waals surface area (Å²) in [6.07, 6.45) is 3.74. The van der Waals surface area contributed by atoms with Gasteiger partial charge < -0.3 is 5.32 Å². The van der Waals surface area contributed by atoms with Crippen LogP contribution in [0.1, 0.15) is 71.3 Å². The maximum Gasteiger partial charge on any atom is 0.251 e. The largest absolute Gasteiger partial charge is 0.345 e. The van der Waals surface area contributed by atoms with Crippen LogP contribution in [0.15, 0.2) is 42.5 Å². The van der Waals surface area contributed by atoms with E-state index in [1.54, 1.807) is 28.6 Å². The summed E-state index contributed by atoms with van der Waals surface area (Å²) in [4.78, 5) is 12.7. The van der Waals surface area contributed by atoms with Crippen molar-refractivity contribution in [2.24, 2.45) is 0 Å².